The molecule has 2 N–H and O–H groups in total. The zero-order valence-corrected chi connectivity index (χ0v) is 15.4. The van der Waals surface area contributed by atoms with E-state index in [4.69, 9.17) is 4.74 Å². The molecule has 1 rings (SSSR count). The number of hydrogen-bond acceptors (Lipinski definition) is 4. The summed E-state index contributed by atoms with van der Waals surface area (Å²) >= 11 is 0. The first-order chi connectivity index (χ1) is 11.7. The van der Waals surface area contributed by atoms with Gasteiger partial charge in [-0.05, 0) is 12.8 Å². The number of esters is 1. The van der Waals surface area contributed by atoms with Gasteiger partial charge in [-0.2, -0.15) is 0 Å². The van der Waals surface area contributed by atoms with E-state index in [9.17, 15) is 15.0 Å². The van der Waals surface area contributed by atoms with Gasteiger partial charge in [0, 0.05) is 12.0 Å². The van der Waals surface area contributed by atoms with Crippen LogP contribution in [0.5, 0.6) is 0 Å². The Bertz CT molecular complexity index is 372. The van der Waals surface area contributed by atoms with Crippen LogP contribution in [0.3, 0.4) is 0 Å². The first kappa shape index (κ1) is 21.2. The summed E-state index contributed by atoms with van der Waals surface area (Å²) in [6, 6.07) is 0. The van der Waals surface area contributed by atoms with Crippen molar-refractivity contribution in [3.8, 4) is 0 Å². The third-order valence-corrected chi connectivity index (χ3v) is 4.86. The van der Waals surface area contributed by atoms with Crippen molar-refractivity contribution >= 4 is 5.97 Å². The van der Waals surface area contributed by atoms with Gasteiger partial charge in [0.15, 0.2) is 5.60 Å². The maximum absolute atomic E-state index is 11.7. The summed E-state index contributed by atoms with van der Waals surface area (Å²) in [5.41, 5.74) is -0.495. The number of hydrogen-bond donors (Lipinski definition) is 2. The Morgan fingerprint density at radius 2 is 1.42 bits per heavy atom. The van der Waals surface area contributed by atoms with Crippen LogP contribution in [-0.4, -0.2) is 35.0 Å². The SMILES string of the molecule is CCCCCCCCCCCCC/C=C1\CC(CO)(CO)OC1=O. The van der Waals surface area contributed by atoms with E-state index in [0.29, 0.717) is 12.0 Å². The normalized spacial score (nSPS) is 18.3. The zero-order chi connectivity index (χ0) is 17.7. The molecule has 0 aromatic carbocycles. The van der Waals surface area contributed by atoms with Crippen LogP contribution in [-0.2, 0) is 9.53 Å². The van der Waals surface area contributed by atoms with Gasteiger partial charge in [-0.25, -0.2) is 4.79 Å². The van der Waals surface area contributed by atoms with Gasteiger partial charge in [0.1, 0.15) is 0 Å². The number of carbonyl (C=O) groups is 1. The minimum absolute atomic E-state index is 0.316. The molecule has 0 bridgehead atoms. The standard InChI is InChI=1S/C20H36O4/c1-2-3-4-5-6-7-8-9-10-11-12-13-14-18-15-20(16-21,17-22)24-19(18)23/h14,21-22H,2-13,15-17H2,1H3/b18-14+. The fourth-order valence-corrected chi connectivity index (χ4v) is 3.18. The third kappa shape index (κ3) is 7.80. The molecule has 0 saturated carbocycles. The number of unbranched alkanes of at least 4 members (excludes halogenated alkanes) is 11. The van der Waals surface area contributed by atoms with Crippen molar-refractivity contribution in [1.82, 2.24) is 0 Å². The molecule has 0 aromatic heterocycles. The Morgan fingerprint density at radius 3 is 1.88 bits per heavy atom. The molecule has 24 heavy (non-hydrogen) atoms. The van der Waals surface area contributed by atoms with E-state index < -0.39 is 5.60 Å². The second kappa shape index (κ2) is 12.5. The first-order valence-electron chi connectivity index (χ1n) is 9.81. The molecule has 1 saturated heterocycles. The Hall–Kier alpha value is -0.870. The van der Waals surface area contributed by atoms with Gasteiger partial charge in [-0.1, -0.05) is 77.2 Å². The number of aliphatic hydroxyl groups excluding tert-OH is 2. The largest absolute Gasteiger partial charge is 0.450 e. The third-order valence-electron chi connectivity index (χ3n) is 4.86. The number of allylic oxidation sites excluding steroid dienone is 1. The Morgan fingerprint density at radius 1 is 0.917 bits per heavy atom. The number of cyclic esters (lactones) is 1. The van der Waals surface area contributed by atoms with E-state index in [2.05, 4.69) is 6.92 Å². The summed E-state index contributed by atoms with van der Waals surface area (Å²) in [5, 5.41) is 18.5. The van der Waals surface area contributed by atoms with Gasteiger partial charge >= 0.3 is 5.97 Å². The second-order valence-electron chi connectivity index (χ2n) is 7.12. The molecule has 0 atom stereocenters. The summed E-state index contributed by atoms with van der Waals surface area (Å²) < 4.78 is 5.11. The molecular formula is C20H36O4. The van der Waals surface area contributed by atoms with Crippen LogP contribution in [0.25, 0.3) is 0 Å². The molecule has 0 aliphatic carbocycles. The molecule has 1 heterocycles. The van der Waals surface area contributed by atoms with Crippen LogP contribution >= 0.6 is 0 Å². The molecule has 0 amide bonds. The van der Waals surface area contributed by atoms with Crippen LogP contribution in [0.15, 0.2) is 11.6 Å². The van der Waals surface area contributed by atoms with Crippen molar-refractivity contribution in [3.05, 3.63) is 11.6 Å². The topological polar surface area (TPSA) is 66.8 Å². The van der Waals surface area contributed by atoms with E-state index in [0.717, 1.165) is 12.8 Å². The van der Waals surface area contributed by atoms with Crippen molar-refractivity contribution < 1.29 is 19.7 Å². The fraction of sp³-hybridized carbons (Fsp3) is 0.850. The van der Waals surface area contributed by atoms with E-state index >= 15 is 0 Å². The van der Waals surface area contributed by atoms with E-state index in [1.165, 1.54) is 64.2 Å². The minimum Gasteiger partial charge on any atom is -0.450 e. The van der Waals surface area contributed by atoms with Crippen LogP contribution in [0.4, 0.5) is 0 Å². The van der Waals surface area contributed by atoms with Crippen LogP contribution < -0.4 is 0 Å². The van der Waals surface area contributed by atoms with Crippen molar-refractivity contribution in [1.29, 1.82) is 0 Å². The lowest BCUT2D eigenvalue weighted by molar-refractivity contribution is -0.154. The number of rotatable bonds is 14. The summed E-state index contributed by atoms with van der Waals surface area (Å²) in [4.78, 5) is 11.7. The molecule has 4 heteroatoms. The van der Waals surface area contributed by atoms with Crippen LogP contribution in [0.1, 0.15) is 90.4 Å². The highest BCUT2D eigenvalue weighted by molar-refractivity contribution is 5.91. The number of carbonyl (C=O) groups excluding carboxylic acids is 1. The highest BCUT2D eigenvalue weighted by Crippen LogP contribution is 2.30. The van der Waals surface area contributed by atoms with Gasteiger partial charge in [-0.15, -0.1) is 0 Å². The predicted molar refractivity (Wildman–Crippen MR) is 96.8 cm³/mol. The summed E-state index contributed by atoms with van der Waals surface area (Å²) in [6.07, 6.45) is 17.5. The van der Waals surface area contributed by atoms with Gasteiger partial charge in [0.25, 0.3) is 0 Å². The molecule has 1 aliphatic rings. The van der Waals surface area contributed by atoms with Crippen LogP contribution in [0, 0.1) is 0 Å². The lowest BCUT2D eigenvalue weighted by Crippen LogP contribution is -2.37. The monoisotopic (exact) mass is 340 g/mol. The summed E-state index contributed by atoms with van der Waals surface area (Å²) in [6.45, 7) is 1.59. The molecule has 1 fully saturated rings. The van der Waals surface area contributed by atoms with Gasteiger partial charge < -0.3 is 14.9 Å². The van der Waals surface area contributed by atoms with Crippen LogP contribution in [0.2, 0.25) is 0 Å². The summed E-state index contributed by atoms with van der Waals surface area (Å²) in [5.74, 6) is -0.388. The van der Waals surface area contributed by atoms with Gasteiger partial charge in [0.2, 0.25) is 0 Å². The molecule has 0 spiro atoms. The Labute approximate surface area is 147 Å². The first-order valence-corrected chi connectivity index (χ1v) is 9.81. The molecule has 0 aromatic rings. The van der Waals surface area contributed by atoms with Gasteiger partial charge in [-0.3, -0.25) is 0 Å². The Kier molecular flexibility index (Phi) is 11.0. The Balaban J connectivity index is 2.01. The lowest BCUT2D eigenvalue weighted by atomic mass is 9.98. The molecule has 0 unspecified atom stereocenters. The summed E-state index contributed by atoms with van der Waals surface area (Å²) in [7, 11) is 0. The average Bonchev–Trinajstić information content (AvgIpc) is 2.92. The molecule has 0 radical (unpaired) electrons. The maximum Gasteiger partial charge on any atom is 0.334 e. The minimum atomic E-state index is -1.10. The molecule has 1 aliphatic heterocycles. The maximum atomic E-state index is 11.7. The van der Waals surface area contributed by atoms with E-state index in [1.54, 1.807) is 0 Å². The number of ether oxygens (including phenoxy) is 1. The van der Waals surface area contributed by atoms with Gasteiger partial charge in [0.05, 0.1) is 13.2 Å². The van der Waals surface area contributed by atoms with Crippen molar-refractivity contribution in [2.24, 2.45) is 0 Å². The van der Waals surface area contributed by atoms with E-state index in [1.807, 2.05) is 6.08 Å². The second-order valence-corrected chi connectivity index (χ2v) is 7.12. The smallest absolute Gasteiger partial charge is 0.334 e. The number of aliphatic hydroxyl groups is 2. The molecule has 140 valence electrons. The fourth-order valence-electron chi connectivity index (χ4n) is 3.18. The highest BCUT2D eigenvalue weighted by atomic mass is 16.6. The highest BCUT2D eigenvalue weighted by Gasteiger charge is 2.42. The molecular weight excluding hydrogens is 304 g/mol. The molecule has 4 nitrogen and oxygen atoms in total. The van der Waals surface area contributed by atoms with E-state index in [-0.39, 0.29) is 19.2 Å². The van der Waals surface area contributed by atoms with Crippen molar-refractivity contribution in [2.75, 3.05) is 13.2 Å². The zero-order valence-electron chi connectivity index (χ0n) is 15.4. The average molecular weight is 341 g/mol. The van der Waals surface area contributed by atoms with Crippen molar-refractivity contribution in [3.63, 3.8) is 0 Å². The predicted octanol–water partition coefficient (Wildman–Crippen LogP) is 4.28. The van der Waals surface area contributed by atoms with Crippen molar-refractivity contribution in [2.45, 2.75) is 96.0 Å². The lowest BCUT2D eigenvalue weighted by Gasteiger charge is -2.21. The quantitative estimate of drug-likeness (QED) is 0.281.